The van der Waals surface area contributed by atoms with Crippen LogP contribution in [0.3, 0.4) is 0 Å². The quantitative estimate of drug-likeness (QED) is 0.371. The van der Waals surface area contributed by atoms with Crippen LogP contribution in [0, 0.1) is 0 Å². The minimum Gasteiger partial charge on any atom is -0.480 e. The summed E-state index contributed by atoms with van der Waals surface area (Å²) >= 11 is 0. The Morgan fingerprint density at radius 2 is 1.39 bits per heavy atom. The number of nitrogen functional groups attached to an aromatic ring is 1. The molecule has 1 aliphatic heterocycles. The highest BCUT2D eigenvalue weighted by atomic mass is 16.4. The summed E-state index contributed by atoms with van der Waals surface area (Å²) in [5.41, 5.74) is 10.3. The minimum absolute atomic E-state index is 0.154. The number of carbonyl (C=O) groups excluding carboxylic acids is 1. The number of fused-ring (bicyclic) bond motifs is 3. The number of amides is 1. The van der Waals surface area contributed by atoms with E-state index in [1.165, 1.54) is 0 Å². The highest BCUT2D eigenvalue weighted by Crippen LogP contribution is 2.51. The summed E-state index contributed by atoms with van der Waals surface area (Å²) in [6, 6.07) is 23.3. The van der Waals surface area contributed by atoms with Crippen molar-refractivity contribution >= 4 is 17.6 Å². The van der Waals surface area contributed by atoms with Crippen LogP contribution in [-0.2, 0) is 21.4 Å². The number of carbonyl (C=O) groups is 2. The van der Waals surface area contributed by atoms with Gasteiger partial charge in [0.2, 0.25) is 5.91 Å². The average molecular weight is 484 g/mol. The minimum atomic E-state index is -0.986. The molecule has 1 heterocycles. The fourth-order valence-corrected chi connectivity index (χ4v) is 5.80. The Bertz CT molecular complexity index is 1200. The average Bonchev–Trinajstić information content (AvgIpc) is 3.19. The number of unbranched alkanes of at least 4 members (excludes halogenated alkanes) is 1. The Kier molecular flexibility index (Phi) is 6.79. The number of hydrogen-bond donors (Lipinski definition) is 2. The first-order valence-corrected chi connectivity index (χ1v) is 12.8. The summed E-state index contributed by atoms with van der Waals surface area (Å²) in [7, 11) is 0. The summed E-state index contributed by atoms with van der Waals surface area (Å²) < 4.78 is 0. The second kappa shape index (κ2) is 10.2. The molecule has 5 rings (SSSR count). The van der Waals surface area contributed by atoms with Gasteiger partial charge in [-0.2, -0.15) is 0 Å². The second-order valence-electron chi connectivity index (χ2n) is 9.90. The van der Waals surface area contributed by atoms with Gasteiger partial charge in [0.1, 0.15) is 5.41 Å². The predicted molar refractivity (Wildman–Crippen MR) is 142 cm³/mol. The largest absolute Gasteiger partial charge is 0.480 e. The molecule has 3 aromatic carbocycles. The van der Waals surface area contributed by atoms with Gasteiger partial charge in [-0.25, -0.2) is 0 Å². The number of rotatable bonds is 8. The molecule has 1 aliphatic carbocycles. The van der Waals surface area contributed by atoms with Crippen molar-refractivity contribution in [3.63, 3.8) is 0 Å². The zero-order chi connectivity index (χ0) is 25.1. The van der Waals surface area contributed by atoms with E-state index in [4.69, 9.17) is 5.73 Å². The molecule has 1 saturated heterocycles. The molecule has 2 aliphatic rings. The number of nitrogens with two attached hydrogens (primary N) is 1. The van der Waals surface area contributed by atoms with Gasteiger partial charge in [-0.05, 0) is 59.3 Å². The van der Waals surface area contributed by atoms with Crippen LogP contribution < -0.4 is 5.73 Å². The number of carboxylic acid groups (broad SMARTS) is 1. The lowest BCUT2D eigenvalue weighted by atomic mass is 9.74. The van der Waals surface area contributed by atoms with Gasteiger partial charge in [0.25, 0.3) is 0 Å². The first-order valence-electron chi connectivity index (χ1n) is 12.8. The van der Waals surface area contributed by atoms with Crippen molar-refractivity contribution in [2.75, 3.05) is 38.5 Å². The number of hydrogen-bond acceptors (Lipinski definition) is 4. The molecule has 0 unspecified atom stereocenters. The number of nitrogens with zero attached hydrogens (tertiary/aromatic N) is 2. The standard InChI is InChI=1S/C30H33N3O3/c31-23-13-11-22(12-14-23)21-28(34)33-19-17-32(18-20-33)16-6-5-15-30(29(35)36)26-9-3-1-7-24(26)25-8-2-4-10-27(25)30/h1-4,7-14H,5-6,15-21,31H2,(H,35,36). The molecular formula is C30H33N3O3. The van der Waals surface area contributed by atoms with Crippen molar-refractivity contribution in [2.45, 2.75) is 31.1 Å². The lowest BCUT2D eigenvalue weighted by Crippen LogP contribution is -2.49. The fourth-order valence-electron chi connectivity index (χ4n) is 5.80. The van der Waals surface area contributed by atoms with Crippen LogP contribution in [0.25, 0.3) is 11.1 Å². The van der Waals surface area contributed by atoms with E-state index in [1.54, 1.807) is 0 Å². The van der Waals surface area contributed by atoms with Crippen LogP contribution >= 0.6 is 0 Å². The number of carboxylic acids is 1. The first-order chi connectivity index (χ1) is 17.5. The molecular weight excluding hydrogens is 450 g/mol. The van der Waals surface area contributed by atoms with Crippen LogP contribution in [0.4, 0.5) is 5.69 Å². The lowest BCUT2D eigenvalue weighted by Gasteiger charge is -2.35. The predicted octanol–water partition coefficient (Wildman–Crippen LogP) is 4.18. The topological polar surface area (TPSA) is 86.9 Å². The van der Waals surface area contributed by atoms with Crippen LogP contribution in [0.1, 0.15) is 36.0 Å². The summed E-state index contributed by atoms with van der Waals surface area (Å²) in [6.45, 7) is 4.08. The number of anilines is 1. The first kappa shape index (κ1) is 24.1. The number of aliphatic carboxylic acids is 1. The highest BCUT2D eigenvalue weighted by molar-refractivity contribution is 5.97. The Morgan fingerprint density at radius 1 is 0.806 bits per heavy atom. The SMILES string of the molecule is Nc1ccc(CC(=O)N2CCN(CCCCC3(C(=O)O)c4ccccc4-c4ccccc43)CC2)cc1. The van der Waals surface area contributed by atoms with Gasteiger partial charge in [0.15, 0.2) is 0 Å². The molecule has 1 amide bonds. The van der Waals surface area contributed by atoms with Gasteiger partial charge in [-0.3, -0.25) is 14.5 Å². The molecule has 1 fully saturated rings. The normalized spacial score (nSPS) is 16.4. The third kappa shape index (κ3) is 4.49. The van der Waals surface area contributed by atoms with Gasteiger partial charge in [0, 0.05) is 31.9 Å². The van der Waals surface area contributed by atoms with Crippen molar-refractivity contribution in [1.29, 1.82) is 0 Å². The van der Waals surface area contributed by atoms with Gasteiger partial charge in [-0.15, -0.1) is 0 Å². The Balaban J connectivity index is 1.15. The highest BCUT2D eigenvalue weighted by Gasteiger charge is 2.48. The lowest BCUT2D eigenvalue weighted by molar-refractivity contribution is -0.142. The maximum atomic E-state index is 12.7. The van der Waals surface area contributed by atoms with Crippen molar-refractivity contribution in [2.24, 2.45) is 0 Å². The van der Waals surface area contributed by atoms with E-state index in [-0.39, 0.29) is 5.91 Å². The molecule has 0 atom stereocenters. The van der Waals surface area contributed by atoms with Gasteiger partial charge in [-0.1, -0.05) is 67.1 Å². The molecule has 0 bridgehead atoms. The molecule has 186 valence electrons. The van der Waals surface area contributed by atoms with Crippen molar-refractivity contribution < 1.29 is 14.7 Å². The monoisotopic (exact) mass is 483 g/mol. The summed E-state index contributed by atoms with van der Waals surface area (Å²) in [6.07, 6.45) is 2.74. The van der Waals surface area contributed by atoms with Crippen LogP contribution in [0.2, 0.25) is 0 Å². The molecule has 6 heteroatoms. The molecule has 0 saturated carbocycles. The van der Waals surface area contributed by atoms with Crippen molar-refractivity contribution in [1.82, 2.24) is 9.80 Å². The van der Waals surface area contributed by atoms with E-state index in [1.807, 2.05) is 77.7 Å². The van der Waals surface area contributed by atoms with Gasteiger partial charge in [0.05, 0.1) is 6.42 Å². The Labute approximate surface area is 212 Å². The van der Waals surface area contributed by atoms with E-state index >= 15 is 0 Å². The van der Waals surface area contributed by atoms with Crippen LogP contribution in [0.15, 0.2) is 72.8 Å². The number of piperazine rings is 1. The maximum Gasteiger partial charge on any atom is 0.318 e. The molecule has 3 N–H and O–H groups in total. The van der Waals surface area contributed by atoms with E-state index in [0.29, 0.717) is 18.5 Å². The summed E-state index contributed by atoms with van der Waals surface area (Å²) in [5, 5.41) is 10.5. The molecule has 3 aromatic rings. The molecule has 6 nitrogen and oxygen atoms in total. The molecule has 0 spiro atoms. The molecule has 0 radical (unpaired) electrons. The smallest absolute Gasteiger partial charge is 0.318 e. The fraction of sp³-hybridized carbons (Fsp3) is 0.333. The zero-order valence-corrected chi connectivity index (χ0v) is 20.5. The van der Waals surface area contributed by atoms with Crippen molar-refractivity contribution in [3.05, 3.63) is 89.5 Å². The molecule has 36 heavy (non-hydrogen) atoms. The van der Waals surface area contributed by atoms with Crippen LogP contribution in [0.5, 0.6) is 0 Å². The molecule has 0 aromatic heterocycles. The third-order valence-electron chi connectivity index (χ3n) is 7.77. The van der Waals surface area contributed by atoms with E-state index in [2.05, 4.69) is 4.90 Å². The Morgan fingerprint density at radius 3 is 1.97 bits per heavy atom. The third-order valence-corrected chi connectivity index (χ3v) is 7.77. The second-order valence-corrected chi connectivity index (χ2v) is 9.90. The van der Waals surface area contributed by atoms with Gasteiger partial charge < -0.3 is 15.7 Å². The summed E-state index contributed by atoms with van der Waals surface area (Å²) in [4.78, 5) is 29.8. The number of benzene rings is 3. The summed E-state index contributed by atoms with van der Waals surface area (Å²) in [5.74, 6) is -0.616. The van der Waals surface area contributed by atoms with E-state index < -0.39 is 11.4 Å². The maximum absolute atomic E-state index is 12.7. The van der Waals surface area contributed by atoms with E-state index in [9.17, 15) is 14.7 Å². The van der Waals surface area contributed by atoms with E-state index in [0.717, 1.165) is 73.4 Å². The zero-order valence-electron chi connectivity index (χ0n) is 20.5. The van der Waals surface area contributed by atoms with Gasteiger partial charge >= 0.3 is 5.97 Å². The Hall–Kier alpha value is -3.64. The van der Waals surface area contributed by atoms with Crippen molar-refractivity contribution in [3.8, 4) is 11.1 Å². The van der Waals surface area contributed by atoms with Crippen LogP contribution in [-0.4, -0.2) is 59.5 Å².